The van der Waals surface area contributed by atoms with E-state index >= 15 is 0 Å². The number of nitrogens with zero attached hydrogens (tertiary/aromatic N) is 6. The van der Waals surface area contributed by atoms with E-state index in [2.05, 4.69) is 212 Å². The summed E-state index contributed by atoms with van der Waals surface area (Å²) in [6, 6.07) is 95.9. The van der Waals surface area contributed by atoms with Crippen molar-refractivity contribution in [1.82, 2.24) is 29.9 Å². The molecule has 1 spiro atoms. The van der Waals surface area contributed by atoms with Gasteiger partial charge < -0.3 is 0 Å². The summed E-state index contributed by atoms with van der Waals surface area (Å²) in [7, 11) is 0. The van der Waals surface area contributed by atoms with E-state index < -0.39 is 5.41 Å². The van der Waals surface area contributed by atoms with E-state index in [4.69, 9.17) is 29.9 Å². The first-order valence-electron chi connectivity index (χ1n) is 27.7. The lowest BCUT2D eigenvalue weighted by Gasteiger charge is -2.42. The van der Waals surface area contributed by atoms with Gasteiger partial charge in [0.2, 0.25) is 0 Å². The fourth-order valence-electron chi connectivity index (χ4n) is 13.9. The Balaban J connectivity index is 0.749. The molecule has 0 N–H and O–H groups in total. The van der Waals surface area contributed by atoms with Gasteiger partial charge in [-0.15, -0.1) is 0 Å². The molecule has 2 heterocycles. The molecule has 2 bridgehead atoms. The maximum Gasteiger partial charge on any atom is 0.164 e. The van der Waals surface area contributed by atoms with Crippen molar-refractivity contribution < 1.29 is 0 Å². The van der Waals surface area contributed by atoms with Crippen LogP contribution in [0.1, 0.15) is 67.5 Å². The Bertz CT molecular complexity index is 4590. The predicted octanol–water partition coefficient (Wildman–Crippen LogP) is 17.1. The summed E-state index contributed by atoms with van der Waals surface area (Å²) in [6.07, 6.45) is 0. The number of hydrogen-bond donors (Lipinski definition) is 0. The number of rotatable bonds is 7. The van der Waals surface area contributed by atoms with Crippen LogP contribution in [0.15, 0.2) is 267 Å². The zero-order valence-corrected chi connectivity index (χ0v) is 43.7. The fourth-order valence-corrected chi connectivity index (χ4v) is 13.9. The van der Waals surface area contributed by atoms with Crippen molar-refractivity contribution in [2.24, 2.45) is 0 Å². The average Bonchev–Trinajstić information content (AvgIpc) is 3.06. The van der Waals surface area contributed by atoms with Gasteiger partial charge in [-0.3, -0.25) is 0 Å². The summed E-state index contributed by atoms with van der Waals surface area (Å²) in [5, 5.41) is 0. The Morgan fingerprint density at radius 2 is 0.494 bits per heavy atom. The second-order valence-electron chi connectivity index (χ2n) is 21.6. The van der Waals surface area contributed by atoms with Crippen LogP contribution >= 0.6 is 0 Å². The lowest BCUT2D eigenvalue weighted by atomic mass is 9.61. The van der Waals surface area contributed by atoms with Crippen molar-refractivity contribution in [3.63, 3.8) is 0 Å². The van der Waals surface area contributed by atoms with Gasteiger partial charge in [-0.1, -0.05) is 249 Å². The highest BCUT2D eigenvalue weighted by Crippen LogP contribution is 2.63. The molecule has 6 nitrogen and oxygen atoms in total. The first-order valence-corrected chi connectivity index (χ1v) is 27.7. The molecule has 0 radical (unpaired) electrons. The van der Waals surface area contributed by atoms with Crippen LogP contribution in [0.5, 0.6) is 0 Å². The number of hydrogen-bond acceptors (Lipinski definition) is 6. The van der Waals surface area contributed by atoms with Crippen LogP contribution in [-0.2, 0) is 5.41 Å². The summed E-state index contributed by atoms with van der Waals surface area (Å²) >= 11 is 0. The van der Waals surface area contributed by atoms with Gasteiger partial charge in [-0.05, 0) is 107 Å². The molecule has 5 aliphatic carbocycles. The van der Waals surface area contributed by atoms with Crippen molar-refractivity contribution in [3.8, 4) is 102 Å². The number of benzene rings is 11. The first kappa shape index (κ1) is 45.5. The highest BCUT2D eigenvalue weighted by molar-refractivity contribution is 5.96. The Morgan fingerprint density at radius 1 is 0.198 bits per heavy atom. The van der Waals surface area contributed by atoms with E-state index in [1.54, 1.807) is 0 Å². The molecule has 0 saturated heterocycles. The zero-order valence-electron chi connectivity index (χ0n) is 43.7. The van der Waals surface area contributed by atoms with E-state index in [-0.39, 0.29) is 11.8 Å². The van der Waals surface area contributed by atoms with Crippen molar-refractivity contribution in [3.05, 3.63) is 323 Å². The second kappa shape index (κ2) is 17.7. The molecule has 6 heteroatoms. The van der Waals surface area contributed by atoms with Crippen LogP contribution in [0.4, 0.5) is 0 Å². The summed E-state index contributed by atoms with van der Waals surface area (Å²) in [4.78, 5) is 31.0. The quantitative estimate of drug-likeness (QED) is 0.158. The molecular weight excluding hydrogens is 985 g/mol. The minimum Gasteiger partial charge on any atom is -0.208 e. The average molecular weight is 1030 g/mol. The molecule has 0 aliphatic heterocycles. The third kappa shape index (κ3) is 6.87. The van der Waals surface area contributed by atoms with Gasteiger partial charge in [-0.25, -0.2) is 29.9 Å². The maximum absolute atomic E-state index is 5.32. The third-order valence-corrected chi connectivity index (χ3v) is 17.4. The van der Waals surface area contributed by atoms with Crippen molar-refractivity contribution in [2.45, 2.75) is 17.3 Å². The monoisotopic (exact) mass is 1030 g/mol. The van der Waals surface area contributed by atoms with Gasteiger partial charge in [0.05, 0.1) is 5.41 Å². The van der Waals surface area contributed by atoms with E-state index in [0.29, 0.717) is 34.9 Å². The second-order valence-corrected chi connectivity index (χ2v) is 21.6. The molecular formula is C75H46N6. The maximum atomic E-state index is 5.32. The molecule has 18 rings (SSSR count). The normalized spacial score (nSPS) is 15.0. The lowest BCUT2D eigenvalue weighted by Crippen LogP contribution is -2.27. The van der Waals surface area contributed by atoms with E-state index in [1.807, 2.05) is 54.6 Å². The molecule has 2 aromatic heterocycles. The van der Waals surface area contributed by atoms with Gasteiger partial charge in [0.1, 0.15) is 0 Å². The highest BCUT2D eigenvalue weighted by Gasteiger charge is 2.51. The van der Waals surface area contributed by atoms with Gasteiger partial charge in [0, 0.05) is 45.2 Å². The summed E-state index contributed by atoms with van der Waals surface area (Å²) < 4.78 is 0. The van der Waals surface area contributed by atoms with Crippen LogP contribution < -0.4 is 0 Å². The molecule has 2 unspecified atom stereocenters. The molecule has 2 atom stereocenters. The minimum atomic E-state index is -0.409. The topological polar surface area (TPSA) is 77.3 Å². The van der Waals surface area contributed by atoms with Crippen molar-refractivity contribution >= 4 is 0 Å². The molecule has 81 heavy (non-hydrogen) atoms. The molecule has 0 saturated carbocycles. The van der Waals surface area contributed by atoms with E-state index in [0.717, 1.165) is 38.9 Å². The van der Waals surface area contributed by atoms with Crippen LogP contribution in [-0.4, -0.2) is 29.9 Å². The van der Waals surface area contributed by atoms with Crippen molar-refractivity contribution in [1.29, 1.82) is 0 Å². The Labute approximate surface area is 469 Å². The molecule has 376 valence electrons. The van der Waals surface area contributed by atoms with Crippen molar-refractivity contribution in [2.75, 3.05) is 0 Å². The van der Waals surface area contributed by atoms with E-state index in [9.17, 15) is 0 Å². The number of aromatic nitrogens is 6. The highest BCUT2D eigenvalue weighted by atomic mass is 15.0. The van der Waals surface area contributed by atoms with Crippen LogP contribution in [0.2, 0.25) is 0 Å². The van der Waals surface area contributed by atoms with Gasteiger partial charge in [0.25, 0.3) is 0 Å². The molecule has 13 aromatic rings. The SMILES string of the molecule is c1ccc(-c2nc(-c3ccccc3)nc(-c3ccc4c(c3)C3c5ccccc5C4c4cc(-c5nc(-c6ccccc6)nc(-c6ccc(-c7ccc8c(c7)C7(c9ccccc9-c9ccccc97)c7ccccc7-8)cc6)n5)ccc43)n2)cc1. The fraction of sp³-hybridized carbons (Fsp3) is 0.0400. The Hall–Kier alpha value is -10.6. The summed E-state index contributed by atoms with van der Waals surface area (Å²) in [5.41, 5.74) is 25.8. The smallest absolute Gasteiger partial charge is 0.164 e. The number of fused-ring (bicyclic) bond motifs is 10. The Kier molecular flexibility index (Phi) is 9.95. The zero-order chi connectivity index (χ0) is 53.2. The summed E-state index contributed by atoms with van der Waals surface area (Å²) in [6.45, 7) is 0. The molecule has 11 aromatic carbocycles. The first-order chi connectivity index (χ1) is 40.1. The van der Waals surface area contributed by atoms with Gasteiger partial charge in [-0.2, -0.15) is 0 Å². The van der Waals surface area contributed by atoms with Crippen LogP contribution in [0, 0.1) is 0 Å². The van der Waals surface area contributed by atoms with Crippen LogP contribution in [0.25, 0.3) is 102 Å². The molecule has 5 aliphatic rings. The predicted molar refractivity (Wildman–Crippen MR) is 322 cm³/mol. The Morgan fingerprint density at radius 3 is 0.914 bits per heavy atom. The molecule has 0 fully saturated rings. The largest absolute Gasteiger partial charge is 0.208 e. The van der Waals surface area contributed by atoms with Crippen LogP contribution in [0.3, 0.4) is 0 Å². The van der Waals surface area contributed by atoms with E-state index in [1.165, 1.54) is 83.5 Å². The minimum absolute atomic E-state index is 0.00665. The van der Waals surface area contributed by atoms with Gasteiger partial charge >= 0.3 is 0 Å². The molecule has 0 amide bonds. The summed E-state index contributed by atoms with van der Waals surface area (Å²) in [5.74, 6) is 3.85. The standard InChI is InChI=1S/C75H46N6/c1-4-18-46(19-5-1)69-76-70(47-20-6-2-7-21-47)79-73(78-69)51-37-40-59-61(42-51)67-57-27-10-11-28-58(57)68(59)62-43-52(38-41-60(62)67)74-80-71(48-22-8-3-9-23-48)77-72(81-74)49-34-32-45(33-35-49)50-36-39-56-55-26-14-17-31-65(55)75(66(56)44-50)63-29-15-12-24-53(63)54-25-13-16-30-64(54)75/h1-44,67-68H. The third-order valence-electron chi connectivity index (χ3n) is 17.4. The van der Waals surface area contributed by atoms with Gasteiger partial charge in [0.15, 0.2) is 34.9 Å². The lowest BCUT2D eigenvalue weighted by molar-refractivity contribution is 0.754.